The molecule has 1 aromatic carbocycles. The van der Waals surface area contributed by atoms with Gasteiger partial charge in [0.05, 0.1) is 12.7 Å². The van der Waals surface area contributed by atoms with Crippen LogP contribution in [0.3, 0.4) is 0 Å². The summed E-state index contributed by atoms with van der Waals surface area (Å²) < 4.78 is 5.40. The molecule has 0 bridgehead atoms. The van der Waals surface area contributed by atoms with Gasteiger partial charge < -0.3 is 15.6 Å². The highest BCUT2D eigenvalue weighted by atomic mass is 16.5. The van der Waals surface area contributed by atoms with Crippen molar-refractivity contribution >= 4 is 0 Å². The van der Waals surface area contributed by atoms with E-state index in [9.17, 15) is 5.11 Å². The molecule has 1 aliphatic rings. The predicted octanol–water partition coefficient (Wildman–Crippen LogP) is 1.65. The zero-order valence-corrected chi connectivity index (χ0v) is 10.4. The Hall–Kier alpha value is -0.900. The van der Waals surface area contributed by atoms with Gasteiger partial charge in [0.25, 0.3) is 0 Å². The molecule has 94 valence electrons. The molecule has 3 heteroatoms. The summed E-state index contributed by atoms with van der Waals surface area (Å²) >= 11 is 0. The highest BCUT2D eigenvalue weighted by Gasteiger charge is 2.41. The van der Waals surface area contributed by atoms with Crippen LogP contribution in [0.5, 0.6) is 0 Å². The predicted molar refractivity (Wildman–Crippen MR) is 67.7 cm³/mol. The van der Waals surface area contributed by atoms with Crippen molar-refractivity contribution in [2.45, 2.75) is 25.9 Å². The van der Waals surface area contributed by atoms with Crippen LogP contribution in [-0.2, 0) is 11.2 Å². The topological polar surface area (TPSA) is 55.5 Å². The van der Waals surface area contributed by atoms with Crippen LogP contribution < -0.4 is 5.73 Å². The Balaban J connectivity index is 2.19. The van der Waals surface area contributed by atoms with E-state index in [-0.39, 0.29) is 5.41 Å². The van der Waals surface area contributed by atoms with E-state index in [4.69, 9.17) is 10.5 Å². The lowest BCUT2D eigenvalue weighted by Crippen LogP contribution is -2.37. The largest absolute Gasteiger partial charge is 0.388 e. The van der Waals surface area contributed by atoms with Crippen LogP contribution in [0.15, 0.2) is 24.3 Å². The van der Waals surface area contributed by atoms with Crippen LogP contribution in [0, 0.1) is 5.41 Å². The molecule has 3 N–H and O–H groups in total. The van der Waals surface area contributed by atoms with Crippen LogP contribution >= 0.6 is 0 Å². The molecule has 0 spiro atoms. The van der Waals surface area contributed by atoms with Crippen molar-refractivity contribution in [3.8, 4) is 0 Å². The minimum atomic E-state index is -0.527. The summed E-state index contributed by atoms with van der Waals surface area (Å²) in [7, 11) is 0. The SMILES string of the molecule is CCc1ccc(C(O)C2(CN)CCOC2)cc1. The lowest BCUT2D eigenvalue weighted by atomic mass is 9.78. The summed E-state index contributed by atoms with van der Waals surface area (Å²) in [6, 6.07) is 8.13. The van der Waals surface area contributed by atoms with E-state index in [0.29, 0.717) is 19.8 Å². The summed E-state index contributed by atoms with van der Waals surface area (Å²) in [4.78, 5) is 0. The standard InChI is InChI=1S/C14H21NO2/c1-2-11-3-5-12(6-4-11)13(16)14(9-15)7-8-17-10-14/h3-6,13,16H,2,7-10,15H2,1H3. The first-order valence-electron chi connectivity index (χ1n) is 6.26. The van der Waals surface area contributed by atoms with E-state index in [1.807, 2.05) is 12.1 Å². The number of hydrogen-bond acceptors (Lipinski definition) is 3. The molecule has 1 heterocycles. The van der Waals surface area contributed by atoms with Crippen molar-refractivity contribution in [2.75, 3.05) is 19.8 Å². The Bertz CT molecular complexity index is 355. The van der Waals surface area contributed by atoms with Crippen LogP contribution in [0.4, 0.5) is 0 Å². The summed E-state index contributed by atoms with van der Waals surface area (Å²) in [5.41, 5.74) is 7.75. The Kier molecular flexibility index (Phi) is 3.82. The number of aliphatic hydroxyl groups is 1. The third-order valence-electron chi connectivity index (χ3n) is 3.82. The van der Waals surface area contributed by atoms with Gasteiger partial charge in [0.1, 0.15) is 0 Å². The molecular weight excluding hydrogens is 214 g/mol. The first kappa shape index (κ1) is 12.6. The Morgan fingerprint density at radius 3 is 2.59 bits per heavy atom. The van der Waals surface area contributed by atoms with E-state index in [2.05, 4.69) is 19.1 Å². The summed E-state index contributed by atoms with van der Waals surface area (Å²) in [6.07, 6.45) is 1.32. The minimum Gasteiger partial charge on any atom is -0.388 e. The molecule has 3 nitrogen and oxygen atoms in total. The maximum atomic E-state index is 10.5. The second kappa shape index (κ2) is 5.17. The minimum absolute atomic E-state index is 0.298. The first-order chi connectivity index (χ1) is 8.22. The lowest BCUT2D eigenvalue weighted by Gasteiger charge is -2.31. The summed E-state index contributed by atoms with van der Waals surface area (Å²) in [5.74, 6) is 0. The van der Waals surface area contributed by atoms with Gasteiger partial charge in [-0.3, -0.25) is 0 Å². The van der Waals surface area contributed by atoms with Gasteiger partial charge >= 0.3 is 0 Å². The fourth-order valence-corrected chi connectivity index (χ4v) is 2.40. The monoisotopic (exact) mass is 235 g/mol. The quantitative estimate of drug-likeness (QED) is 0.834. The van der Waals surface area contributed by atoms with Crippen LogP contribution in [0.1, 0.15) is 30.6 Å². The summed E-state index contributed by atoms with van der Waals surface area (Å²) in [5, 5.41) is 10.5. The van der Waals surface area contributed by atoms with Gasteiger partial charge in [0.15, 0.2) is 0 Å². The average molecular weight is 235 g/mol. The number of benzene rings is 1. The van der Waals surface area contributed by atoms with Gasteiger partial charge in [0, 0.05) is 18.6 Å². The molecule has 0 radical (unpaired) electrons. The number of nitrogens with two attached hydrogens (primary N) is 1. The molecular formula is C14H21NO2. The maximum absolute atomic E-state index is 10.5. The molecule has 17 heavy (non-hydrogen) atoms. The van der Waals surface area contributed by atoms with Crippen molar-refractivity contribution in [1.29, 1.82) is 0 Å². The number of hydrogen-bond donors (Lipinski definition) is 2. The Morgan fingerprint density at radius 2 is 2.12 bits per heavy atom. The molecule has 0 aromatic heterocycles. The van der Waals surface area contributed by atoms with Crippen molar-refractivity contribution in [3.63, 3.8) is 0 Å². The smallest absolute Gasteiger partial charge is 0.0881 e. The fourth-order valence-electron chi connectivity index (χ4n) is 2.40. The molecule has 1 aromatic rings. The van der Waals surface area contributed by atoms with E-state index in [1.54, 1.807) is 0 Å². The van der Waals surface area contributed by atoms with Crippen molar-refractivity contribution in [1.82, 2.24) is 0 Å². The highest BCUT2D eigenvalue weighted by molar-refractivity contribution is 5.26. The van der Waals surface area contributed by atoms with Crippen LogP contribution in [0.2, 0.25) is 0 Å². The molecule has 1 fully saturated rings. The Labute approximate surface area is 103 Å². The van der Waals surface area contributed by atoms with Gasteiger partial charge in [0.2, 0.25) is 0 Å². The lowest BCUT2D eigenvalue weighted by molar-refractivity contribution is 0.0191. The Morgan fingerprint density at radius 1 is 1.41 bits per heavy atom. The van der Waals surface area contributed by atoms with Gasteiger partial charge in [-0.2, -0.15) is 0 Å². The fraction of sp³-hybridized carbons (Fsp3) is 0.571. The molecule has 2 atom stereocenters. The van der Waals surface area contributed by atoms with Crippen molar-refractivity contribution < 1.29 is 9.84 Å². The molecule has 0 saturated carbocycles. The second-order valence-electron chi connectivity index (χ2n) is 4.87. The number of aliphatic hydroxyl groups excluding tert-OH is 1. The molecule has 0 aliphatic carbocycles. The van der Waals surface area contributed by atoms with Crippen LogP contribution in [0.25, 0.3) is 0 Å². The third-order valence-corrected chi connectivity index (χ3v) is 3.82. The number of aryl methyl sites for hydroxylation is 1. The number of ether oxygens (including phenoxy) is 1. The van der Waals surface area contributed by atoms with Gasteiger partial charge in [-0.05, 0) is 24.0 Å². The molecule has 0 amide bonds. The zero-order valence-electron chi connectivity index (χ0n) is 10.4. The van der Waals surface area contributed by atoms with Gasteiger partial charge in [-0.25, -0.2) is 0 Å². The zero-order chi connectivity index (χ0) is 12.3. The average Bonchev–Trinajstić information content (AvgIpc) is 2.88. The van der Waals surface area contributed by atoms with E-state index < -0.39 is 6.10 Å². The second-order valence-corrected chi connectivity index (χ2v) is 4.87. The highest BCUT2D eigenvalue weighted by Crippen LogP contribution is 2.40. The molecule has 1 saturated heterocycles. The van der Waals surface area contributed by atoms with E-state index in [1.165, 1.54) is 5.56 Å². The molecule has 1 aliphatic heterocycles. The number of rotatable bonds is 4. The third kappa shape index (κ3) is 2.37. The van der Waals surface area contributed by atoms with Crippen molar-refractivity contribution in [3.05, 3.63) is 35.4 Å². The first-order valence-corrected chi connectivity index (χ1v) is 6.26. The molecule has 2 unspecified atom stereocenters. The summed E-state index contributed by atoms with van der Waals surface area (Å²) in [6.45, 7) is 3.84. The van der Waals surface area contributed by atoms with Gasteiger partial charge in [-0.15, -0.1) is 0 Å². The van der Waals surface area contributed by atoms with E-state index >= 15 is 0 Å². The van der Waals surface area contributed by atoms with E-state index in [0.717, 1.165) is 18.4 Å². The normalized spacial score (nSPS) is 26.1. The van der Waals surface area contributed by atoms with Crippen LogP contribution in [-0.4, -0.2) is 24.9 Å². The maximum Gasteiger partial charge on any atom is 0.0881 e. The molecule has 2 rings (SSSR count). The van der Waals surface area contributed by atoms with Gasteiger partial charge in [-0.1, -0.05) is 31.2 Å². The van der Waals surface area contributed by atoms with Crippen molar-refractivity contribution in [2.24, 2.45) is 11.1 Å².